The van der Waals surface area contributed by atoms with Crippen molar-refractivity contribution in [3.05, 3.63) is 53.9 Å². The SMILES string of the molecule is NC(=O)c1cncc(-c2ccc(F)cc2F)c1. The first kappa shape index (κ1) is 11.2. The van der Waals surface area contributed by atoms with Gasteiger partial charge in [-0.25, -0.2) is 8.78 Å². The fourth-order valence-corrected chi connectivity index (χ4v) is 1.45. The van der Waals surface area contributed by atoms with E-state index in [2.05, 4.69) is 4.98 Å². The highest BCUT2D eigenvalue weighted by Gasteiger charge is 2.09. The summed E-state index contributed by atoms with van der Waals surface area (Å²) in [6.45, 7) is 0. The molecule has 1 amide bonds. The number of nitrogens with two attached hydrogens (primary N) is 1. The molecule has 0 radical (unpaired) electrons. The minimum atomic E-state index is -0.714. The summed E-state index contributed by atoms with van der Waals surface area (Å²) in [5.74, 6) is -2.03. The van der Waals surface area contributed by atoms with Crippen molar-refractivity contribution >= 4 is 5.91 Å². The van der Waals surface area contributed by atoms with Crippen LogP contribution in [0.4, 0.5) is 8.78 Å². The molecule has 2 aromatic rings. The van der Waals surface area contributed by atoms with Crippen molar-refractivity contribution in [1.29, 1.82) is 0 Å². The normalized spacial score (nSPS) is 10.2. The summed E-state index contributed by atoms with van der Waals surface area (Å²) >= 11 is 0. The largest absolute Gasteiger partial charge is 0.366 e. The van der Waals surface area contributed by atoms with Crippen LogP contribution in [0.25, 0.3) is 11.1 Å². The van der Waals surface area contributed by atoms with Crippen molar-refractivity contribution in [2.24, 2.45) is 5.73 Å². The fourth-order valence-electron chi connectivity index (χ4n) is 1.45. The maximum absolute atomic E-state index is 13.5. The second kappa shape index (κ2) is 4.29. The number of hydrogen-bond donors (Lipinski definition) is 1. The van der Waals surface area contributed by atoms with Gasteiger partial charge in [0.1, 0.15) is 11.6 Å². The summed E-state index contributed by atoms with van der Waals surface area (Å²) in [7, 11) is 0. The molecule has 0 unspecified atom stereocenters. The molecule has 2 N–H and O–H groups in total. The van der Waals surface area contributed by atoms with Crippen LogP contribution in [-0.4, -0.2) is 10.9 Å². The molecule has 1 heterocycles. The highest BCUT2D eigenvalue weighted by atomic mass is 19.1. The number of amides is 1. The zero-order valence-corrected chi connectivity index (χ0v) is 8.65. The van der Waals surface area contributed by atoms with Gasteiger partial charge in [0.05, 0.1) is 5.56 Å². The Bertz CT molecular complexity index is 584. The van der Waals surface area contributed by atoms with Crippen LogP contribution in [0.2, 0.25) is 0 Å². The van der Waals surface area contributed by atoms with Gasteiger partial charge in [-0.15, -0.1) is 0 Å². The number of hydrogen-bond acceptors (Lipinski definition) is 2. The number of primary amides is 1. The van der Waals surface area contributed by atoms with E-state index in [9.17, 15) is 13.6 Å². The molecule has 0 bridgehead atoms. The van der Waals surface area contributed by atoms with Crippen LogP contribution in [0.3, 0.4) is 0 Å². The standard InChI is InChI=1S/C12H8F2N2O/c13-9-1-2-10(11(14)4-9)7-3-8(12(15)17)6-16-5-7/h1-6H,(H2,15,17). The number of pyridine rings is 1. The van der Waals surface area contributed by atoms with Gasteiger partial charge < -0.3 is 5.73 Å². The monoisotopic (exact) mass is 234 g/mol. The Morgan fingerprint density at radius 1 is 1.18 bits per heavy atom. The number of carbonyl (C=O) groups excluding carboxylic acids is 1. The highest BCUT2D eigenvalue weighted by Crippen LogP contribution is 2.23. The Morgan fingerprint density at radius 3 is 2.59 bits per heavy atom. The van der Waals surface area contributed by atoms with Gasteiger partial charge in [-0.05, 0) is 18.2 Å². The van der Waals surface area contributed by atoms with Crippen LogP contribution in [0.5, 0.6) is 0 Å². The second-order valence-electron chi connectivity index (χ2n) is 3.45. The number of halogens is 2. The van der Waals surface area contributed by atoms with E-state index in [0.717, 1.165) is 12.1 Å². The Hall–Kier alpha value is -2.30. The van der Waals surface area contributed by atoms with E-state index >= 15 is 0 Å². The summed E-state index contributed by atoms with van der Waals surface area (Å²) in [6, 6.07) is 4.60. The second-order valence-corrected chi connectivity index (χ2v) is 3.45. The minimum Gasteiger partial charge on any atom is -0.366 e. The van der Waals surface area contributed by atoms with Crippen molar-refractivity contribution in [1.82, 2.24) is 4.98 Å². The summed E-state index contributed by atoms with van der Waals surface area (Å²) in [5, 5.41) is 0. The van der Waals surface area contributed by atoms with E-state index < -0.39 is 17.5 Å². The third-order valence-corrected chi connectivity index (χ3v) is 2.26. The van der Waals surface area contributed by atoms with Crippen LogP contribution in [-0.2, 0) is 0 Å². The van der Waals surface area contributed by atoms with Gasteiger partial charge in [-0.1, -0.05) is 0 Å². The third-order valence-electron chi connectivity index (χ3n) is 2.26. The Balaban J connectivity index is 2.53. The summed E-state index contributed by atoms with van der Waals surface area (Å²) in [5.41, 5.74) is 5.81. The zero-order chi connectivity index (χ0) is 12.4. The van der Waals surface area contributed by atoms with E-state index in [4.69, 9.17) is 5.73 Å². The molecule has 86 valence electrons. The van der Waals surface area contributed by atoms with E-state index in [-0.39, 0.29) is 11.1 Å². The minimum absolute atomic E-state index is 0.169. The molecule has 3 nitrogen and oxygen atoms in total. The first-order valence-electron chi connectivity index (χ1n) is 4.78. The third kappa shape index (κ3) is 2.28. The van der Waals surface area contributed by atoms with Crippen molar-refractivity contribution in [2.75, 3.05) is 0 Å². The average molecular weight is 234 g/mol. The lowest BCUT2D eigenvalue weighted by molar-refractivity contribution is 0.1000. The van der Waals surface area contributed by atoms with Crippen molar-refractivity contribution < 1.29 is 13.6 Å². The summed E-state index contributed by atoms with van der Waals surface area (Å²) in [4.78, 5) is 14.7. The molecule has 0 aliphatic heterocycles. The smallest absolute Gasteiger partial charge is 0.250 e. The Labute approximate surface area is 95.9 Å². The molecule has 0 spiro atoms. The molecule has 0 saturated carbocycles. The molecule has 2 rings (SSSR count). The van der Waals surface area contributed by atoms with Crippen LogP contribution >= 0.6 is 0 Å². The first-order valence-corrected chi connectivity index (χ1v) is 4.78. The van der Waals surface area contributed by atoms with Gasteiger partial charge in [0, 0.05) is 29.6 Å². The van der Waals surface area contributed by atoms with Crippen LogP contribution in [0.15, 0.2) is 36.7 Å². The Morgan fingerprint density at radius 2 is 1.94 bits per heavy atom. The van der Waals surface area contributed by atoms with E-state index in [0.29, 0.717) is 5.56 Å². The van der Waals surface area contributed by atoms with Gasteiger partial charge in [0.2, 0.25) is 5.91 Å². The average Bonchev–Trinajstić information content (AvgIpc) is 2.29. The first-order chi connectivity index (χ1) is 8.08. The number of rotatable bonds is 2. The van der Waals surface area contributed by atoms with Gasteiger partial charge in [0.25, 0.3) is 0 Å². The fraction of sp³-hybridized carbons (Fsp3) is 0. The van der Waals surface area contributed by atoms with E-state index in [1.54, 1.807) is 0 Å². The van der Waals surface area contributed by atoms with Gasteiger partial charge in [-0.3, -0.25) is 9.78 Å². The lowest BCUT2D eigenvalue weighted by Gasteiger charge is -2.04. The quantitative estimate of drug-likeness (QED) is 0.865. The molecule has 0 aliphatic rings. The van der Waals surface area contributed by atoms with Crippen LogP contribution in [0.1, 0.15) is 10.4 Å². The van der Waals surface area contributed by atoms with Crippen LogP contribution < -0.4 is 5.73 Å². The highest BCUT2D eigenvalue weighted by molar-refractivity contribution is 5.93. The zero-order valence-electron chi connectivity index (χ0n) is 8.65. The predicted octanol–water partition coefficient (Wildman–Crippen LogP) is 2.13. The summed E-state index contributed by atoms with van der Waals surface area (Å²) < 4.78 is 26.2. The predicted molar refractivity (Wildman–Crippen MR) is 58.1 cm³/mol. The van der Waals surface area contributed by atoms with Gasteiger partial charge in [-0.2, -0.15) is 0 Å². The molecule has 5 heteroatoms. The molecule has 17 heavy (non-hydrogen) atoms. The molecule has 0 atom stereocenters. The van der Waals surface area contributed by atoms with Crippen molar-refractivity contribution in [3.63, 3.8) is 0 Å². The van der Waals surface area contributed by atoms with Crippen molar-refractivity contribution in [3.8, 4) is 11.1 Å². The Kier molecular flexibility index (Phi) is 2.82. The molecule has 0 fully saturated rings. The lowest BCUT2D eigenvalue weighted by Crippen LogP contribution is -2.11. The number of nitrogens with zero attached hydrogens (tertiary/aromatic N) is 1. The van der Waals surface area contributed by atoms with E-state index in [1.165, 1.54) is 24.5 Å². The van der Waals surface area contributed by atoms with Crippen LogP contribution in [0, 0.1) is 11.6 Å². The lowest BCUT2D eigenvalue weighted by atomic mass is 10.1. The van der Waals surface area contributed by atoms with E-state index in [1.807, 2.05) is 0 Å². The molecular weight excluding hydrogens is 226 g/mol. The molecule has 1 aromatic carbocycles. The maximum atomic E-state index is 13.5. The molecule has 0 aliphatic carbocycles. The maximum Gasteiger partial charge on any atom is 0.250 e. The molecule has 1 aromatic heterocycles. The van der Waals surface area contributed by atoms with Gasteiger partial charge in [0.15, 0.2) is 0 Å². The number of carbonyl (C=O) groups is 1. The number of benzene rings is 1. The molecule has 0 saturated heterocycles. The van der Waals surface area contributed by atoms with Gasteiger partial charge >= 0.3 is 0 Å². The number of aromatic nitrogens is 1. The van der Waals surface area contributed by atoms with Crippen molar-refractivity contribution in [2.45, 2.75) is 0 Å². The topological polar surface area (TPSA) is 56.0 Å². The molecular formula is C12H8F2N2O. The summed E-state index contributed by atoms with van der Waals surface area (Å²) in [6.07, 6.45) is 2.66.